The summed E-state index contributed by atoms with van der Waals surface area (Å²) < 4.78 is 68.7. The Hall–Kier alpha value is -8.50. The number of anilines is 9. The van der Waals surface area contributed by atoms with Crippen LogP contribution >= 0.6 is 57.7 Å². The van der Waals surface area contributed by atoms with Crippen molar-refractivity contribution in [1.82, 2.24) is 39.5 Å². The predicted molar refractivity (Wildman–Crippen MR) is 486 cm³/mol. The fourth-order valence-corrected chi connectivity index (χ4v) is 18.0. The lowest BCUT2D eigenvalue weighted by molar-refractivity contribution is 0.0982. The second-order valence-corrected chi connectivity index (χ2v) is 40.0. The number of nitrogens with one attached hydrogen (secondary N) is 3. The van der Waals surface area contributed by atoms with E-state index in [1.54, 1.807) is 77.5 Å². The Morgan fingerprint density at radius 3 is 1.43 bits per heavy atom. The van der Waals surface area contributed by atoms with Crippen molar-refractivity contribution < 1.29 is 36.7 Å². The highest BCUT2D eigenvalue weighted by molar-refractivity contribution is 9.11. The van der Waals surface area contributed by atoms with Crippen molar-refractivity contribution in [1.29, 1.82) is 10.5 Å². The van der Waals surface area contributed by atoms with E-state index in [0.29, 0.717) is 72.3 Å². The molecule has 7 N–H and O–H groups in total. The van der Waals surface area contributed by atoms with Gasteiger partial charge in [-0.2, -0.15) is 28.9 Å². The molecule has 4 aliphatic heterocycles. The average molecular weight is 1800 g/mol. The van der Waals surface area contributed by atoms with Crippen LogP contribution in [0, 0.1) is 29.6 Å². The SMILES string of the molecule is CCCCO.CCc1cc(N)c(OC)cc1N1CCC(N2CCN(C)CC2)CC1.CCc1cc(Nc2ncc(Br)c(Nc3ccc(-c4ccccc4C#N)cc3P(C)(C)=O)n2)c(OC)cc1N1CCC(N2CCN(C)CC2)CC1.CP(C)(=O)c1cc(-c2ccccc2C#N)ccc1Nc1nc(Cl)ncc1Br.Cc1ccc(S(=O)(=O)O)cc1. The van der Waals surface area contributed by atoms with Crippen molar-refractivity contribution in [2.24, 2.45) is 0 Å². The number of ether oxygens (including phenoxy) is 2. The number of aryl methyl sites for hydroxylation is 3. The van der Waals surface area contributed by atoms with Crippen LogP contribution < -0.4 is 51.6 Å². The molecule has 2 aromatic heterocycles. The second kappa shape index (κ2) is 43.5. The normalized spacial score (nSPS) is 15.3. The van der Waals surface area contributed by atoms with Crippen LogP contribution in [0.5, 0.6) is 11.5 Å². The number of hydrogen-bond acceptors (Lipinski definition) is 23. The summed E-state index contributed by atoms with van der Waals surface area (Å²) in [7, 11) is -1.56. The zero-order chi connectivity index (χ0) is 84.7. The van der Waals surface area contributed by atoms with Gasteiger partial charge in [-0.05, 0) is 230 Å². The fraction of sp³-hybridized carbons (Fsp3) is 0.402. The average Bonchev–Trinajstić information content (AvgIpc) is 0.790. The van der Waals surface area contributed by atoms with Crippen molar-refractivity contribution in [2.75, 3.05) is 172 Å². The fourth-order valence-electron chi connectivity index (χ4n) is 14.5. The van der Waals surface area contributed by atoms with Crippen molar-refractivity contribution in [2.45, 2.75) is 96.0 Å². The molecule has 13 rings (SSSR count). The van der Waals surface area contributed by atoms with E-state index in [9.17, 15) is 28.1 Å². The van der Waals surface area contributed by atoms with Crippen molar-refractivity contribution in [3.63, 3.8) is 0 Å². The Kier molecular flexibility index (Phi) is 34.3. The molecule has 0 radical (unpaired) electrons. The van der Waals surface area contributed by atoms with Crippen LogP contribution in [0.25, 0.3) is 22.3 Å². The van der Waals surface area contributed by atoms with Gasteiger partial charge in [0, 0.05) is 144 Å². The van der Waals surface area contributed by atoms with Gasteiger partial charge in [0.1, 0.15) is 37.4 Å². The van der Waals surface area contributed by atoms with Crippen molar-refractivity contribution in [3.8, 4) is 45.9 Å². The first-order valence-corrected chi connectivity index (χ1v) is 48.1. The van der Waals surface area contributed by atoms with Gasteiger partial charge in [-0.15, -0.1) is 0 Å². The lowest BCUT2D eigenvalue weighted by Gasteiger charge is -2.43. The number of nitrogen functional groups attached to an aromatic ring is 1. The number of benzene rings is 7. The van der Waals surface area contributed by atoms with Crippen LogP contribution in [-0.2, 0) is 32.1 Å². The number of halogens is 3. The summed E-state index contributed by atoms with van der Waals surface area (Å²) in [5.74, 6) is 2.93. The van der Waals surface area contributed by atoms with E-state index in [2.05, 4.69) is 163 Å². The molecular weight excluding hydrogens is 1690 g/mol. The van der Waals surface area contributed by atoms with Gasteiger partial charge in [0.2, 0.25) is 11.2 Å². The molecule has 0 aliphatic carbocycles. The highest BCUT2D eigenvalue weighted by Gasteiger charge is 2.31. The monoisotopic (exact) mass is 1790 g/mol. The van der Waals surface area contributed by atoms with Crippen molar-refractivity contribution >= 4 is 130 Å². The Bertz CT molecular complexity index is 5130. The molecule has 4 aliphatic rings. The van der Waals surface area contributed by atoms with Gasteiger partial charge >= 0.3 is 0 Å². The standard InChI is InChI=1S/C38H46BrN8O2P.C19H15BrClN4OP.C19H32N4O.C7H8O3S.C4H10O/c1-6-26-21-33(35(49-3)23-34(26)47-15-13-29(14-16-47)46-19-17-45(2)18-20-46)43-38-41-25-31(39)37(44-38)42-32-12-11-27(22-36(32)50(4,5)48)30-10-8-7-9-28(30)24-40;1-27(2,26)17-9-12(14-6-4-3-5-13(14)10-22)7-8-16(17)24-18-15(20)11-23-19(21)25-18;1-4-15-13-17(20)19(24-3)14-18(15)23-7-5-16(6-8-23)22-11-9-21(2)10-12-22;1-6-2-4-7(5-3-6)11(8,9)10;1-2-3-4-5/h7-12,21-23,25,29H,6,13-20H2,1-5H3,(H2,41,42,43,44);3-9,11H,1-2H3,(H,23,24,25);13-14,16H,4-12,20H2,1-3H3;2-5H,1H3,(H,8,9,10);5H,2-4H2,1H3. The number of piperidine rings is 2. The third-order valence-electron chi connectivity index (χ3n) is 21.2. The Labute approximate surface area is 713 Å². The summed E-state index contributed by atoms with van der Waals surface area (Å²) in [5.41, 5.74) is 19.4. The summed E-state index contributed by atoms with van der Waals surface area (Å²) in [6.45, 7) is 29.3. The maximum atomic E-state index is 13.5. The predicted octanol–water partition coefficient (Wildman–Crippen LogP) is 16.8. The second-order valence-electron chi connectivity index (χ2n) is 30.2. The number of nitrogens with zero attached hydrogens (tertiary/aromatic N) is 12. The van der Waals surface area contributed by atoms with Gasteiger partial charge in [0.05, 0.1) is 74.1 Å². The number of unbranched alkanes of at least 4 members (excludes halogenated alkanes) is 1. The first-order valence-electron chi connectivity index (χ1n) is 39.5. The lowest BCUT2D eigenvalue weighted by atomic mass is 9.99. The van der Waals surface area contributed by atoms with Gasteiger partial charge in [-0.25, -0.2) is 9.97 Å². The maximum absolute atomic E-state index is 13.5. The van der Waals surface area contributed by atoms with Crippen LogP contribution in [0.1, 0.15) is 87.1 Å². The zero-order valence-electron chi connectivity index (χ0n) is 69.1. The molecule has 30 heteroatoms. The van der Waals surface area contributed by atoms with Crippen LogP contribution in [0.15, 0.2) is 160 Å². The van der Waals surface area contributed by atoms with Crippen LogP contribution in [0.2, 0.25) is 5.28 Å². The van der Waals surface area contributed by atoms with E-state index < -0.39 is 24.4 Å². The number of nitriles is 2. The molecule has 0 atom stereocenters. The number of aliphatic hydroxyl groups is 1. The molecule has 0 bridgehead atoms. The molecule has 0 spiro atoms. The summed E-state index contributed by atoms with van der Waals surface area (Å²) in [6, 6.07) is 46.4. The smallest absolute Gasteiger partial charge is 0.294 e. The summed E-state index contributed by atoms with van der Waals surface area (Å²) in [4.78, 5) is 32.6. The first kappa shape index (κ1) is 92.4. The minimum atomic E-state index is -4.02. The first-order chi connectivity index (χ1) is 55.9. The van der Waals surface area contributed by atoms with Crippen LogP contribution in [0.3, 0.4) is 0 Å². The third kappa shape index (κ3) is 25.8. The number of likely N-dealkylation sites (N-methyl/N-ethyl adjacent to an activating group) is 2. The third-order valence-corrected chi connectivity index (χ3v) is 26.5. The van der Waals surface area contributed by atoms with E-state index in [0.717, 1.165) is 135 Å². The maximum Gasteiger partial charge on any atom is 0.294 e. The number of nitrogens with two attached hydrogens (primary N) is 1. The largest absolute Gasteiger partial charge is 0.495 e. The van der Waals surface area contributed by atoms with Gasteiger partial charge in [-0.1, -0.05) is 93.4 Å². The van der Waals surface area contributed by atoms with Gasteiger partial charge in [0.25, 0.3) is 10.1 Å². The highest BCUT2D eigenvalue weighted by Crippen LogP contribution is 2.44. The molecule has 624 valence electrons. The summed E-state index contributed by atoms with van der Waals surface area (Å²) in [5, 5.41) is 38.5. The molecule has 0 saturated carbocycles. The molecule has 24 nitrogen and oxygen atoms in total. The Morgan fingerprint density at radius 2 is 1.02 bits per heavy atom. The topological polar surface area (TPSA) is 308 Å². The van der Waals surface area contributed by atoms with Gasteiger partial charge in [0.15, 0.2) is 0 Å². The minimum Gasteiger partial charge on any atom is -0.495 e. The number of rotatable bonds is 21. The number of aromatic nitrogens is 4. The van der Waals surface area contributed by atoms with Crippen LogP contribution in [0.4, 0.5) is 51.7 Å². The molecule has 117 heavy (non-hydrogen) atoms. The van der Waals surface area contributed by atoms with Crippen molar-refractivity contribution in [3.05, 3.63) is 188 Å². The van der Waals surface area contributed by atoms with E-state index in [-0.39, 0.29) is 10.2 Å². The Morgan fingerprint density at radius 1 is 0.581 bits per heavy atom. The van der Waals surface area contributed by atoms with E-state index in [1.807, 2.05) is 79.7 Å². The number of piperazine rings is 2. The molecule has 6 heterocycles. The summed E-state index contributed by atoms with van der Waals surface area (Å²) >= 11 is 12.9. The van der Waals surface area contributed by atoms with E-state index in [1.165, 1.54) is 86.5 Å². The molecule has 4 fully saturated rings. The molecular formula is C87H111Br2ClN16O8P2S. The highest BCUT2D eigenvalue weighted by atomic mass is 79.9. The molecule has 0 amide bonds. The van der Waals surface area contributed by atoms with Gasteiger partial charge in [-0.3, -0.25) is 14.4 Å². The number of hydrogen-bond donors (Lipinski definition) is 6. The van der Waals surface area contributed by atoms with Gasteiger partial charge < -0.3 is 65.0 Å². The lowest BCUT2D eigenvalue weighted by Crippen LogP contribution is -2.52. The molecule has 0 unspecified atom stereocenters. The molecule has 4 saturated heterocycles. The molecule has 7 aromatic carbocycles. The quantitative estimate of drug-likeness (QED) is 0.0168. The number of aliphatic hydroxyl groups excluding tert-OH is 1. The van der Waals surface area contributed by atoms with E-state index in [4.69, 9.17) is 41.5 Å². The minimum absolute atomic E-state index is 0.0666. The zero-order valence-corrected chi connectivity index (χ0v) is 75.6. The van der Waals surface area contributed by atoms with Crippen LogP contribution in [-0.4, -0.2) is 210 Å². The Balaban J connectivity index is 0.000000195. The molecule has 9 aromatic rings. The summed E-state index contributed by atoms with van der Waals surface area (Å²) in [6.07, 6.45) is 12.0. The van der Waals surface area contributed by atoms with E-state index >= 15 is 0 Å². The number of methoxy groups -OCH3 is 2.